The minimum atomic E-state index is -0.201. The van der Waals surface area contributed by atoms with E-state index in [4.69, 9.17) is 4.98 Å². The van der Waals surface area contributed by atoms with Gasteiger partial charge in [0.1, 0.15) is 5.39 Å². The van der Waals surface area contributed by atoms with Crippen LogP contribution in [-0.4, -0.2) is 32.8 Å². The Bertz CT molecular complexity index is 724. The molecule has 2 aromatic heterocycles. The summed E-state index contributed by atoms with van der Waals surface area (Å²) in [6.07, 6.45) is 5.20. The SMILES string of the molecule is CC[C@@H]1CCCN(c2nc3c(cnn3C(C)(C)C)c(=O)[nH]2)C1. The maximum absolute atomic E-state index is 12.4. The Morgan fingerprint density at radius 2 is 2.18 bits per heavy atom. The Morgan fingerprint density at radius 3 is 2.86 bits per heavy atom. The molecule has 0 radical (unpaired) electrons. The van der Waals surface area contributed by atoms with Gasteiger partial charge in [-0.25, -0.2) is 4.68 Å². The Morgan fingerprint density at radius 1 is 1.41 bits per heavy atom. The topological polar surface area (TPSA) is 66.8 Å². The predicted molar refractivity (Wildman–Crippen MR) is 88.4 cm³/mol. The lowest BCUT2D eigenvalue weighted by molar-refractivity contribution is 0.365. The van der Waals surface area contributed by atoms with Crippen LogP contribution >= 0.6 is 0 Å². The molecular weight excluding hydrogens is 278 g/mol. The van der Waals surface area contributed by atoms with Crippen molar-refractivity contribution in [2.24, 2.45) is 5.92 Å². The van der Waals surface area contributed by atoms with Crippen molar-refractivity contribution < 1.29 is 0 Å². The summed E-state index contributed by atoms with van der Waals surface area (Å²) in [5, 5.41) is 4.92. The van der Waals surface area contributed by atoms with Crippen molar-refractivity contribution in [1.82, 2.24) is 19.7 Å². The second-order valence-corrected chi connectivity index (χ2v) is 7.22. The van der Waals surface area contributed by atoms with Gasteiger partial charge in [0, 0.05) is 13.1 Å². The van der Waals surface area contributed by atoms with Crippen molar-refractivity contribution in [2.75, 3.05) is 18.0 Å². The first-order valence-electron chi connectivity index (χ1n) is 8.13. The highest BCUT2D eigenvalue weighted by molar-refractivity contribution is 5.74. The van der Waals surface area contributed by atoms with Crippen LogP contribution in [-0.2, 0) is 5.54 Å². The third kappa shape index (κ3) is 2.62. The minimum absolute atomic E-state index is 0.103. The number of aromatic nitrogens is 4. The maximum atomic E-state index is 12.4. The van der Waals surface area contributed by atoms with Crippen LogP contribution in [0.4, 0.5) is 5.95 Å². The number of fused-ring (bicyclic) bond motifs is 1. The molecule has 3 rings (SSSR count). The third-order valence-electron chi connectivity index (χ3n) is 4.46. The van der Waals surface area contributed by atoms with Crippen LogP contribution in [0.25, 0.3) is 11.0 Å². The molecule has 1 aliphatic heterocycles. The molecule has 2 aromatic rings. The van der Waals surface area contributed by atoms with Crippen LogP contribution < -0.4 is 10.5 Å². The lowest BCUT2D eigenvalue weighted by atomic mass is 9.96. The van der Waals surface area contributed by atoms with Crippen LogP contribution in [0.15, 0.2) is 11.0 Å². The lowest BCUT2D eigenvalue weighted by Crippen LogP contribution is -2.37. The first-order valence-corrected chi connectivity index (χ1v) is 8.13. The summed E-state index contributed by atoms with van der Waals surface area (Å²) >= 11 is 0. The van der Waals surface area contributed by atoms with Gasteiger partial charge in [-0.1, -0.05) is 13.3 Å². The Hall–Kier alpha value is -1.85. The van der Waals surface area contributed by atoms with Gasteiger partial charge in [-0.3, -0.25) is 9.78 Å². The van der Waals surface area contributed by atoms with Gasteiger partial charge in [0.05, 0.1) is 11.7 Å². The van der Waals surface area contributed by atoms with Gasteiger partial charge in [-0.15, -0.1) is 0 Å². The number of anilines is 1. The van der Waals surface area contributed by atoms with Gasteiger partial charge >= 0.3 is 0 Å². The summed E-state index contributed by atoms with van der Waals surface area (Å²) in [5.74, 6) is 1.36. The number of H-pyrrole nitrogens is 1. The average molecular weight is 303 g/mol. The first kappa shape index (κ1) is 15.1. The maximum Gasteiger partial charge on any atom is 0.263 e. The van der Waals surface area contributed by atoms with Gasteiger partial charge in [0.15, 0.2) is 5.65 Å². The highest BCUT2D eigenvalue weighted by Gasteiger charge is 2.24. The van der Waals surface area contributed by atoms with E-state index in [1.54, 1.807) is 6.20 Å². The van der Waals surface area contributed by atoms with Gasteiger partial charge in [0.25, 0.3) is 5.56 Å². The van der Waals surface area contributed by atoms with Crippen molar-refractivity contribution in [3.8, 4) is 0 Å². The molecule has 1 atom stereocenters. The van der Waals surface area contributed by atoms with Crippen LogP contribution in [0.5, 0.6) is 0 Å². The predicted octanol–water partition coefficient (Wildman–Crippen LogP) is 2.50. The van der Waals surface area contributed by atoms with E-state index < -0.39 is 0 Å². The zero-order valence-electron chi connectivity index (χ0n) is 13.9. The molecule has 120 valence electrons. The zero-order chi connectivity index (χ0) is 15.9. The van der Waals surface area contributed by atoms with Crippen LogP contribution in [0.1, 0.15) is 47.0 Å². The monoisotopic (exact) mass is 303 g/mol. The molecule has 22 heavy (non-hydrogen) atoms. The normalized spacial score (nSPS) is 19.8. The van der Waals surface area contributed by atoms with Gasteiger partial charge < -0.3 is 4.90 Å². The zero-order valence-corrected chi connectivity index (χ0v) is 13.9. The molecule has 1 fully saturated rings. The number of aromatic amines is 1. The van der Waals surface area contributed by atoms with Crippen molar-refractivity contribution in [2.45, 2.75) is 52.5 Å². The van der Waals surface area contributed by atoms with E-state index in [0.717, 1.165) is 19.5 Å². The van der Waals surface area contributed by atoms with E-state index in [0.29, 0.717) is 22.9 Å². The molecule has 1 aliphatic rings. The second kappa shape index (κ2) is 5.41. The van der Waals surface area contributed by atoms with E-state index in [1.807, 2.05) is 4.68 Å². The molecule has 0 aliphatic carbocycles. The minimum Gasteiger partial charge on any atom is -0.342 e. The number of nitrogens with zero attached hydrogens (tertiary/aromatic N) is 4. The van der Waals surface area contributed by atoms with E-state index in [9.17, 15) is 4.79 Å². The molecule has 6 heteroatoms. The Labute approximate surface area is 130 Å². The van der Waals surface area contributed by atoms with E-state index >= 15 is 0 Å². The number of hydrogen-bond acceptors (Lipinski definition) is 4. The number of hydrogen-bond donors (Lipinski definition) is 1. The summed E-state index contributed by atoms with van der Waals surface area (Å²) in [6, 6.07) is 0. The summed E-state index contributed by atoms with van der Waals surface area (Å²) in [7, 11) is 0. The van der Waals surface area contributed by atoms with Crippen LogP contribution in [0.3, 0.4) is 0 Å². The second-order valence-electron chi connectivity index (χ2n) is 7.22. The van der Waals surface area contributed by atoms with Gasteiger partial charge in [-0.05, 0) is 39.5 Å². The fourth-order valence-electron chi connectivity index (χ4n) is 3.14. The summed E-state index contributed by atoms with van der Waals surface area (Å²) in [6.45, 7) is 10.3. The molecule has 0 amide bonds. The lowest BCUT2D eigenvalue weighted by Gasteiger charge is -2.32. The van der Waals surface area contributed by atoms with Crippen LogP contribution in [0, 0.1) is 5.92 Å². The average Bonchev–Trinajstić information content (AvgIpc) is 2.92. The molecule has 0 unspecified atom stereocenters. The molecule has 0 saturated carbocycles. The van der Waals surface area contributed by atoms with Crippen molar-refractivity contribution in [3.63, 3.8) is 0 Å². The highest BCUT2D eigenvalue weighted by Crippen LogP contribution is 2.24. The van der Waals surface area contributed by atoms with Gasteiger partial charge in [0.2, 0.25) is 5.95 Å². The third-order valence-corrected chi connectivity index (χ3v) is 4.46. The molecule has 6 nitrogen and oxygen atoms in total. The standard InChI is InChI=1S/C16H25N5O/c1-5-11-7-6-8-20(10-11)15-18-13-12(14(22)19-15)9-17-21(13)16(2,3)4/h9,11H,5-8,10H2,1-4H3,(H,18,19,22)/t11-/m1/s1. The number of nitrogens with one attached hydrogen (secondary N) is 1. The fraction of sp³-hybridized carbons (Fsp3) is 0.688. The Kier molecular flexibility index (Phi) is 3.70. The number of piperidine rings is 1. The molecule has 0 bridgehead atoms. The smallest absolute Gasteiger partial charge is 0.263 e. The van der Waals surface area contributed by atoms with Crippen molar-refractivity contribution in [3.05, 3.63) is 16.6 Å². The molecule has 1 N–H and O–H groups in total. The molecular formula is C16H25N5O. The molecule has 1 saturated heterocycles. The van der Waals surface area contributed by atoms with E-state index in [2.05, 4.69) is 42.7 Å². The quantitative estimate of drug-likeness (QED) is 0.925. The Balaban J connectivity index is 2.06. The molecule has 0 spiro atoms. The number of rotatable bonds is 2. The van der Waals surface area contributed by atoms with Crippen molar-refractivity contribution >= 4 is 17.0 Å². The summed E-state index contributed by atoms with van der Waals surface area (Å²) < 4.78 is 1.84. The largest absolute Gasteiger partial charge is 0.342 e. The van der Waals surface area contributed by atoms with Crippen molar-refractivity contribution in [1.29, 1.82) is 0 Å². The van der Waals surface area contributed by atoms with Gasteiger partial charge in [-0.2, -0.15) is 10.1 Å². The summed E-state index contributed by atoms with van der Waals surface area (Å²) in [4.78, 5) is 22.2. The van der Waals surface area contributed by atoms with Crippen LogP contribution in [0.2, 0.25) is 0 Å². The first-order chi connectivity index (χ1) is 10.4. The molecule has 0 aromatic carbocycles. The molecule has 3 heterocycles. The summed E-state index contributed by atoms with van der Waals surface area (Å²) in [5.41, 5.74) is 0.368. The highest BCUT2D eigenvalue weighted by atomic mass is 16.1. The fourth-order valence-corrected chi connectivity index (χ4v) is 3.14. The van der Waals surface area contributed by atoms with E-state index in [1.165, 1.54) is 12.8 Å². The van der Waals surface area contributed by atoms with E-state index in [-0.39, 0.29) is 11.1 Å².